The van der Waals surface area contributed by atoms with Gasteiger partial charge in [0.25, 0.3) is 0 Å². The Morgan fingerprint density at radius 1 is 1.39 bits per heavy atom. The average Bonchev–Trinajstić information content (AvgIpc) is 3.06. The van der Waals surface area contributed by atoms with Crippen LogP contribution in [0.25, 0.3) is 11.3 Å². The second-order valence-electron chi connectivity index (χ2n) is 6.15. The van der Waals surface area contributed by atoms with Crippen molar-refractivity contribution in [3.05, 3.63) is 37.1 Å². The van der Waals surface area contributed by atoms with Crippen molar-refractivity contribution in [3.8, 4) is 11.3 Å². The molecule has 1 atom stereocenters. The molecule has 2 N–H and O–H groups in total. The molecule has 0 bridgehead atoms. The van der Waals surface area contributed by atoms with E-state index >= 15 is 0 Å². The molecular weight excluding hydrogens is 292 g/mol. The normalized spacial score (nSPS) is 17.5. The van der Waals surface area contributed by atoms with Crippen LogP contribution in [-0.4, -0.2) is 37.4 Å². The average molecular weight is 317 g/mol. The first-order chi connectivity index (χ1) is 11.2. The quantitative estimate of drug-likeness (QED) is 0.504. The molecule has 1 fully saturated rings. The van der Waals surface area contributed by atoms with Crippen LogP contribution < -0.4 is 4.73 Å². The van der Waals surface area contributed by atoms with Crippen LogP contribution in [0.2, 0.25) is 0 Å². The van der Waals surface area contributed by atoms with E-state index in [4.69, 9.17) is 0 Å². The highest BCUT2D eigenvalue weighted by molar-refractivity contribution is 5.55. The summed E-state index contributed by atoms with van der Waals surface area (Å²) in [6.07, 6.45) is 12.0. The summed E-state index contributed by atoms with van der Waals surface area (Å²) in [6.45, 7) is 2.89. The Bertz CT molecular complexity index is 637. The third-order valence-corrected chi connectivity index (χ3v) is 4.66. The van der Waals surface area contributed by atoms with E-state index < -0.39 is 6.35 Å². The molecule has 1 saturated carbocycles. The van der Waals surface area contributed by atoms with Gasteiger partial charge in [-0.25, -0.2) is 4.98 Å². The predicted molar refractivity (Wildman–Crippen MR) is 85.6 cm³/mol. The molecule has 0 saturated heterocycles. The van der Waals surface area contributed by atoms with Gasteiger partial charge in [-0.15, -0.1) is 0 Å². The smallest absolute Gasteiger partial charge is 0.231 e. The van der Waals surface area contributed by atoms with Gasteiger partial charge in [-0.1, -0.05) is 26.2 Å². The molecule has 6 nitrogen and oxygen atoms in total. The zero-order valence-electron chi connectivity index (χ0n) is 13.5. The number of aromatic nitrogens is 3. The maximum atomic E-state index is 10.7. The summed E-state index contributed by atoms with van der Waals surface area (Å²) < 4.78 is 2.74. The maximum Gasteiger partial charge on any atom is 0.231 e. The molecule has 2 heterocycles. The zero-order valence-corrected chi connectivity index (χ0v) is 13.5. The number of imidazole rings is 1. The van der Waals surface area contributed by atoms with Crippen LogP contribution in [0, 0.1) is 0 Å². The number of nitrogens with zero attached hydrogens (tertiary/aromatic N) is 4. The highest BCUT2D eigenvalue weighted by Crippen LogP contribution is 2.27. The molecule has 0 aromatic carbocycles. The molecule has 2 aromatic rings. The van der Waals surface area contributed by atoms with Crippen LogP contribution in [0.1, 0.15) is 45.4 Å². The van der Waals surface area contributed by atoms with E-state index in [0.717, 1.165) is 35.4 Å². The molecule has 124 valence electrons. The Kier molecular flexibility index (Phi) is 4.93. The number of hydrogen-bond donors (Lipinski definition) is 2. The van der Waals surface area contributed by atoms with Crippen molar-refractivity contribution in [2.75, 3.05) is 6.54 Å². The summed E-state index contributed by atoms with van der Waals surface area (Å²) in [7, 11) is 0. The molecule has 0 amide bonds. The van der Waals surface area contributed by atoms with E-state index in [1.807, 2.05) is 12.3 Å². The Balaban J connectivity index is 1.78. The molecule has 1 unspecified atom stereocenters. The number of rotatable bonds is 5. The first kappa shape index (κ1) is 16.0. The van der Waals surface area contributed by atoms with E-state index in [1.54, 1.807) is 29.4 Å². The SMILES string of the molecule is CCN(C1CCCCC1)C(O)n1cnc(-c2ccc[n+](O)c2)c1. The summed E-state index contributed by atoms with van der Waals surface area (Å²) in [6, 6.07) is 4.07. The number of aliphatic hydroxyl groups is 1. The molecule has 0 aliphatic heterocycles. The van der Waals surface area contributed by atoms with Crippen molar-refractivity contribution in [2.45, 2.75) is 51.4 Å². The summed E-state index contributed by atoms with van der Waals surface area (Å²) in [5.74, 6) is 0. The van der Waals surface area contributed by atoms with Gasteiger partial charge >= 0.3 is 0 Å². The van der Waals surface area contributed by atoms with Crippen LogP contribution in [0.4, 0.5) is 0 Å². The fourth-order valence-electron chi connectivity index (χ4n) is 3.42. The lowest BCUT2D eigenvalue weighted by Gasteiger charge is -2.36. The van der Waals surface area contributed by atoms with Crippen LogP contribution in [0.3, 0.4) is 0 Å². The van der Waals surface area contributed by atoms with Crippen molar-refractivity contribution in [1.82, 2.24) is 14.5 Å². The molecule has 1 aliphatic rings. The zero-order chi connectivity index (χ0) is 16.2. The maximum absolute atomic E-state index is 10.7. The number of hydrogen-bond acceptors (Lipinski definition) is 4. The van der Waals surface area contributed by atoms with E-state index in [2.05, 4.69) is 16.8 Å². The Hall–Kier alpha value is -1.92. The van der Waals surface area contributed by atoms with Gasteiger partial charge in [0.1, 0.15) is 0 Å². The number of pyridine rings is 1. The summed E-state index contributed by atoms with van der Waals surface area (Å²) in [5.41, 5.74) is 1.54. The van der Waals surface area contributed by atoms with Crippen LogP contribution >= 0.6 is 0 Å². The summed E-state index contributed by atoms with van der Waals surface area (Å²) >= 11 is 0. The van der Waals surface area contributed by atoms with Crippen molar-refractivity contribution in [3.63, 3.8) is 0 Å². The minimum absolute atomic E-state index is 0.436. The molecule has 23 heavy (non-hydrogen) atoms. The second-order valence-corrected chi connectivity index (χ2v) is 6.15. The van der Waals surface area contributed by atoms with Crippen molar-refractivity contribution in [1.29, 1.82) is 0 Å². The second kappa shape index (κ2) is 7.10. The van der Waals surface area contributed by atoms with Crippen molar-refractivity contribution < 1.29 is 15.0 Å². The van der Waals surface area contributed by atoms with Gasteiger partial charge in [0.2, 0.25) is 12.4 Å². The predicted octanol–water partition coefficient (Wildman–Crippen LogP) is 2.18. The van der Waals surface area contributed by atoms with Gasteiger partial charge in [0.15, 0.2) is 6.35 Å². The van der Waals surface area contributed by atoms with Gasteiger partial charge in [-0.3, -0.25) is 14.7 Å². The van der Waals surface area contributed by atoms with E-state index in [9.17, 15) is 10.3 Å². The standard InChI is InChI=1S/C17H25N4O2/c1-2-21(15-8-4-3-5-9-15)17(22)19-12-16(18-13-19)14-7-6-10-20(23)11-14/h6-7,10-13,15,17,22-23H,2-5,8-9H2,1H3/q+1. The molecular formula is C17H25N4O2+. The first-order valence-electron chi connectivity index (χ1n) is 8.37. The van der Waals surface area contributed by atoms with E-state index in [-0.39, 0.29) is 0 Å². The van der Waals surface area contributed by atoms with Gasteiger partial charge in [0.05, 0.1) is 17.6 Å². The molecule has 6 heteroatoms. The lowest BCUT2D eigenvalue weighted by atomic mass is 9.94. The van der Waals surface area contributed by atoms with Crippen LogP contribution in [0.15, 0.2) is 37.1 Å². The van der Waals surface area contributed by atoms with Crippen LogP contribution in [-0.2, 0) is 0 Å². The van der Waals surface area contributed by atoms with Crippen molar-refractivity contribution >= 4 is 0 Å². The number of aliphatic hydroxyl groups excluding tert-OH is 1. The minimum Gasteiger partial charge on any atom is -0.360 e. The third-order valence-electron chi connectivity index (χ3n) is 4.66. The molecule has 0 spiro atoms. The monoisotopic (exact) mass is 317 g/mol. The summed E-state index contributed by atoms with van der Waals surface area (Å²) in [4.78, 5) is 6.50. The Morgan fingerprint density at radius 3 is 2.87 bits per heavy atom. The highest BCUT2D eigenvalue weighted by Gasteiger charge is 2.26. The van der Waals surface area contributed by atoms with Gasteiger partial charge in [-0.05, 0) is 25.5 Å². The van der Waals surface area contributed by atoms with Gasteiger partial charge < -0.3 is 5.11 Å². The molecule has 1 aliphatic carbocycles. The molecule has 2 aromatic heterocycles. The fraction of sp³-hybridized carbons (Fsp3) is 0.529. The molecule has 3 rings (SSSR count). The summed E-state index contributed by atoms with van der Waals surface area (Å²) in [5, 5.41) is 20.3. The van der Waals surface area contributed by atoms with Gasteiger partial charge in [-0.2, -0.15) is 0 Å². The topological polar surface area (TPSA) is 65.4 Å². The first-order valence-corrected chi connectivity index (χ1v) is 8.37. The van der Waals surface area contributed by atoms with Crippen LogP contribution in [0.5, 0.6) is 0 Å². The minimum atomic E-state index is -0.700. The van der Waals surface area contributed by atoms with E-state index in [0.29, 0.717) is 6.04 Å². The highest BCUT2D eigenvalue weighted by atomic mass is 16.5. The largest absolute Gasteiger partial charge is 0.360 e. The lowest BCUT2D eigenvalue weighted by molar-refractivity contribution is -0.904. The molecule has 0 radical (unpaired) electrons. The van der Waals surface area contributed by atoms with E-state index in [1.165, 1.54) is 19.3 Å². The Labute approximate surface area is 136 Å². The third kappa shape index (κ3) is 3.54. The van der Waals surface area contributed by atoms with Gasteiger partial charge in [0, 0.05) is 23.0 Å². The fourth-order valence-corrected chi connectivity index (χ4v) is 3.42. The van der Waals surface area contributed by atoms with Crippen molar-refractivity contribution in [2.24, 2.45) is 0 Å². The Morgan fingerprint density at radius 2 is 2.17 bits per heavy atom. The lowest BCUT2D eigenvalue weighted by Crippen LogP contribution is -2.41.